The minimum absolute atomic E-state index is 0.0452. The minimum atomic E-state index is -0.0573. The summed E-state index contributed by atoms with van der Waals surface area (Å²) in [6, 6.07) is 3.63. The van der Waals surface area contributed by atoms with E-state index >= 15 is 0 Å². The van der Waals surface area contributed by atoms with Crippen LogP contribution in [-0.2, 0) is 7.05 Å². The van der Waals surface area contributed by atoms with Gasteiger partial charge < -0.3 is 0 Å². The van der Waals surface area contributed by atoms with Gasteiger partial charge in [-0.05, 0) is 44.4 Å². The van der Waals surface area contributed by atoms with Crippen molar-refractivity contribution in [2.45, 2.75) is 32.6 Å². The number of Topliss-reactive ketones (excluding diaryl/α,β-unsaturated/α-hetero) is 1. The van der Waals surface area contributed by atoms with Gasteiger partial charge in [-0.15, -0.1) is 0 Å². The molecule has 2 aromatic rings. The number of hydrogen-bond acceptors (Lipinski definition) is 3. The van der Waals surface area contributed by atoms with Gasteiger partial charge >= 0.3 is 0 Å². The molecule has 4 nitrogen and oxygen atoms in total. The van der Waals surface area contributed by atoms with Gasteiger partial charge in [-0.25, -0.2) is 4.98 Å². The molecule has 1 aromatic heterocycles. The molecular formula is C15H16N2O2. The van der Waals surface area contributed by atoms with Crippen molar-refractivity contribution in [2.75, 3.05) is 0 Å². The Balaban J connectivity index is 2.45. The second kappa shape index (κ2) is 4.02. The maximum atomic E-state index is 12.4. The fraction of sp³-hybridized carbons (Fsp3) is 0.400. The summed E-state index contributed by atoms with van der Waals surface area (Å²) >= 11 is 0. The van der Waals surface area contributed by atoms with Gasteiger partial charge in [0.05, 0.1) is 10.9 Å². The summed E-state index contributed by atoms with van der Waals surface area (Å²) in [5, 5.41) is 0.539. The first-order chi connectivity index (χ1) is 8.99. The van der Waals surface area contributed by atoms with Crippen molar-refractivity contribution < 1.29 is 4.79 Å². The van der Waals surface area contributed by atoms with Gasteiger partial charge in [0, 0.05) is 18.5 Å². The largest absolute Gasteiger partial charge is 0.299 e. The molecule has 0 N–H and O–H groups in total. The zero-order valence-corrected chi connectivity index (χ0v) is 11.4. The molecule has 0 aliphatic heterocycles. The van der Waals surface area contributed by atoms with Crippen LogP contribution in [0.3, 0.4) is 0 Å². The van der Waals surface area contributed by atoms with E-state index in [2.05, 4.69) is 4.98 Å². The fourth-order valence-corrected chi connectivity index (χ4v) is 2.51. The Morgan fingerprint density at radius 3 is 2.63 bits per heavy atom. The fourth-order valence-electron chi connectivity index (χ4n) is 2.51. The third kappa shape index (κ3) is 1.87. The Labute approximate surface area is 111 Å². The van der Waals surface area contributed by atoms with Crippen LogP contribution in [0.2, 0.25) is 0 Å². The van der Waals surface area contributed by atoms with E-state index in [9.17, 15) is 9.59 Å². The lowest BCUT2D eigenvalue weighted by molar-refractivity contribution is 0.101. The third-order valence-electron chi connectivity index (χ3n) is 3.68. The molecular weight excluding hydrogens is 240 g/mol. The monoisotopic (exact) mass is 256 g/mol. The van der Waals surface area contributed by atoms with Crippen LogP contribution in [0.15, 0.2) is 16.9 Å². The second-order valence-electron chi connectivity index (χ2n) is 5.37. The highest BCUT2D eigenvalue weighted by molar-refractivity contribution is 6.05. The average Bonchev–Trinajstić information content (AvgIpc) is 3.17. The Kier molecular flexibility index (Phi) is 2.55. The zero-order valence-electron chi connectivity index (χ0n) is 11.4. The van der Waals surface area contributed by atoms with Crippen molar-refractivity contribution in [1.82, 2.24) is 9.55 Å². The first kappa shape index (κ1) is 12.1. The number of benzene rings is 1. The molecule has 1 aliphatic carbocycles. The van der Waals surface area contributed by atoms with Gasteiger partial charge in [-0.2, -0.15) is 0 Å². The highest BCUT2D eigenvalue weighted by atomic mass is 16.1. The summed E-state index contributed by atoms with van der Waals surface area (Å²) in [4.78, 5) is 28.8. The van der Waals surface area contributed by atoms with Crippen LogP contribution in [0.4, 0.5) is 0 Å². The summed E-state index contributed by atoms with van der Waals surface area (Å²) in [5.41, 5.74) is 1.96. The summed E-state index contributed by atoms with van der Waals surface area (Å²) in [7, 11) is 1.76. The molecule has 0 spiro atoms. The number of aryl methyl sites for hydroxylation is 1. The molecule has 1 aliphatic rings. The Bertz CT molecular complexity index is 755. The van der Waals surface area contributed by atoms with Crippen LogP contribution >= 0.6 is 0 Å². The minimum Gasteiger partial charge on any atom is -0.299 e. The van der Waals surface area contributed by atoms with Gasteiger partial charge in [0.1, 0.15) is 5.82 Å². The van der Waals surface area contributed by atoms with Crippen molar-refractivity contribution in [1.29, 1.82) is 0 Å². The Morgan fingerprint density at radius 1 is 1.37 bits per heavy atom. The van der Waals surface area contributed by atoms with E-state index in [1.165, 1.54) is 6.92 Å². The average molecular weight is 256 g/mol. The number of hydrogen-bond donors (Lipinski definition) is 0. The maximum Gasteiger partial charge on any atom is 0.261 e. The van der Waals surface area contributed by atoms with Crippen molar-refractivity contribution in [3.8, 4) is 0 Å². The quantitative estimate of drug-likeness (QED) is 0.775. The molecule has 3 rings (SSSR count). The van der Waals surface area contributed by atoms with Gasteiger partial charge in [0.2, 0.25) is 0 Å². The molecule has 0 amide bonds. The van der Waals surface area contributed by atoms with Gasteiger partial charge in [0.25, 0.3) is 5.56 Å². The van der Waals surface area contributed by atoms with Crippen LogP contribution in [0, 0.1) is 6.92 Å². The van der Waals surface area contributed by atoms with Crippen molar-refractivity contribution in [2.24, 2.45) is 7.05 Å². The molecule has 0 atom stereocenters. The Morgan fingerprint density at radius 2 is 2.05 bits per heavy atom. The summed E-state index contributed by atoms with van der Waals surface area (Å²) in [6.07, 6.45) is 2.15. The lowest BCUT2D eigenvalue weighted by Crippen LogP contribution is -2.23. The summed E-state index contributed by atoms with van der Waals surface area (Å²) in [5.74, 6) is 1.14. The van der Waals surface area contributed by atoms with E-state index < -0.39 is 0 Å². The number of carbonyl (C=O) groups is 1. The third-order valence-corrected chi connectivity index (χ3v) is 3.68. The summed E-state index contributed by atoms with van der Waals surface area (Å²) < 4.78 is 1.63. The summed E-state index contributed by atoms with van der Waals surface area (Å²) in [6.45, 7) is 3.41. The van der Waals surface area contributed by atoms with E-state index in [1.54, 1.807) is 11.6 Å². The van der Waals surface area contributed by atoms with E-state index in [-0.39, 0.29) is 11.3 Å². The standard InChI is InChI=1S/C15H16N2O2/c1-8-6-11(9(2)18)13-12(7-8)15(19)17(3)14(16-13)10-4-5-10/h6-7,10H,4-5H2,1-3H3. The SMILES string of the molecule is CC(=O)c1cc(C)cc2c(=O)n(C)c(C3CC3)nc12. The van der Waals surface area contributed by atoms with Gasteiger partial charge in [-0.1, -0.05) is 0 Å². The van der Waals surface area contributed by atoms with Crippen LogP contribution in [-0.4, -0.2) is 15.3 Å². The molecule has 0 saturated heterocycles. The van der Waals surface area contributed by atoms with E-state index in [0.717, 1.165) is 24.2 Å². The number of carbonyl (C=O) groups excluding carboxylic acids is 1. The lowest BCUT2D eigenvalue weighted by Gasteiger charge is -2.11. The van der Waals surface area contributed by atoms with Crippen molar-refractivity contribution >= 4 is 16.7 Å². The second-order valence-corrected chi connectivity index (χ2v) is 5.37. The van der Waals surface area contributed by atoms with Crippen molar-refractivity contribution in [3.05, 3.63) is 39.4 Å². The number of ketones is 1. The normalized spacial score (nSPS) is 14.9. The van der Waals surface area contributed by atoms with Crippen LogP contribution < -0.4 is 5.56 Å². The van der Waals surface area contributed by atoms with E-state index in [1.807, 2.05) is 19.1 Å². The highest BCUT2D eigenvalue weighted by Crippen LogP contribution is 2.38. The number of nitrogens with zero attached hydrogens (tertiary/aromatic N) is 2. The predicted molar refractivity (Wildman–Crippen MR) is 73.7 cm³/mol. The number of rotatable bonds is 2. The maximum absolute atomic E-state index is 12.4. The molecule has 0 bridgehead atoms. The first-order valence-corrected chi connectivity index (χ1v) is 6.51. The molecule has 1 heterocycles. The molecule has 98 valence electrons. The molecule has 0 radical (unpaired) electrons. The topological polar surface area (TPSA) is 52.0 Å². The van der Waals surface area contributed by atoms with Crippen LogP contribution in [0.1, 0.15) is 47.4 Å². The first-order valence-electron chi connectivity index (χ1n) is 6.51. The molecule has 1 aromatic carbocycles. The molecule has 4 heteroatoms. The van der Waals surface area contributed by atoms with Gasteiger partial charge in [-0.3, -0.25) is 14.2 Å². The van der Waals surface area contributed by atoms with Gasteiger partial charge in [0.15, 0.2) is 5.78 Å². The predicted octanol–water partition coefficient (Wildman–Crippen LogP) is 2.32. The van der Waals surface area contributed by atoms with E-state index in [4.69, 9.17) is 0 Å². The number of fused-ring (bicyclic) bond motifs is 1. The van der Waals surface area contributed by atoms with Crippen LogP contribution in [0.5, 0.6) is 0 Å². The highest BCUT2D eigenvalue weighted by Gasteiger charge is 2.29. The smallest absolute Gasteiger partial charge is 0.261 e. The van der Waals surface area contributed by atoms with Crippen LogP contribution in [0.25, 0.3) is 10.9 Å². The van der Waals surface area contributed by atoms with Crippen molar-refractivity contribution in [3.63, 3.8) is 0 Å². The molecule has 1 fully saturated rings. The molecule has 0 unspecified atom stereocenters. The number of aromatic nitrogens is 2. The molecule has 1 saturated carbocycles. The Hall–Kier alpha value is -1.97. The zero-order chi connectivity index (χ0) is 13.7. The lowest BCUT2D eigenvalue weighted by atomic mass is 10.0. The molecule has 19 heavy (non-hydrogen) atoms. The van der Waals surface area contributed by atoms with E-state index in [0.29, 0.717) is 22.4 Å².